The van der Waals surface area contributed by atoms with Crippen LogP contribution in [0, 0.1) is 45.3 Å². The topological polar surface area (TPSA) is 196 Å². The van der Waals surface area contributed by atoms with Gasteiger partial charge in [-0.1, -0.05) is 46.8 Å². The molecule has 12 heteroatoms. The monoisotopic (exact) mass is 712 g/mol. The quantitative estimate of drug-likeness (QED) is 0.0607. The number of ether oxygens (including phenoxy) is 3. The van der Waals surface area contributed by atoms with Gasteiger partial charge in [-0.3, -0.25) is 10.1 Å². The standard InChI is InChI=1S/C38H64O12/c1-20(40)47-29-27(42)26(41)23(19-39)48-32(29)49-31-28(43)30(44)38(9)24(34(31,4)5)14-18-36(7)25(38)12-11-21-22(13-17-35(21,36)6)37(8,45)16-10-15-33(2,3)50-46/h10,15,21-32,39,41-46H,11-14,16-19H2,1-9H3/b15-10+/t21-,22+,23-,24+,25+,26-,27+,28?,29-,30?,31?,32+,35-,36-,37+,38+/m1/s1. The molecule has 4 aliphatic carbocycles. The van der Waals surface area contributed by atoms with Crippen LogP contribution in [-0.2, 0) is 23.9 Å². The van der Waals surface area contributed by atoms with Crippen LogP contribution in [0.5, 0.6) is 0 Å². The van der Waals surface area contributed by atoms with Gasteiger partial charge in [-0.05, 0) is 106 Å². The Labute approximate surface area is 297 Å². The molecule has 0 amide bonds. The fraction of sp³-hybridized carbons (Fsp3) is 0.921. The second-order valence-corrected chi connectivity index (χ2v) is 18.4. The molecule has 0 radical (unpaired) electrons. The van der Waals surface area contributed by atoms with Crippen molar-refractivity contribution in [1.29, 1.82) is 0 Å². The van der Waals surface area contributed by atoms with E-state index in [2.05, 4.69) is 25.7 Å². The number of fused-ring (bicyclic) bond motifs is 5. The summed E-state index contributed by atoms with van der Waals surface area (Å²) in [4.78, 5) is 16.5. The zero-order valence-corrected chi connectivity index (χ0v) is 31.4. The molecular formula is C38H64O12. The van der Waals surface area contributed by atoms with Crippen molar-refractivity contribution in [2.24, 2.45) is 45.3 Å². The van der Waals surface area contributed by atoms with Gasteiger partial charge in [0.15, 0.2) is 12.4 Å². The van der Waals surface area contributed by atoms with Gasteiger partial charge in [0.25, 0.3) is 0 Å². The normalized spacial score (nSPS) is 48.7. The molecule has 1 heterocycles. The van der Waals surface area contributed by atoms with Gasteiger partial charge in [0.1, 0.15) is 30.0 Å². The summed E-state index contributed by atoms with van der Waals surface area (Å²) in [5, 5.41) is 76.5. The van der Waals surface area contributed by atoms with Gasteiger partial charge in [0, 0.05) is 12.3 Å². The highest BCUT2D eigenvalue weighted by molar-refractivity contribution is 5.66. The van der Waals surface area contributed by atoms with Crippen molar-refractivity contribution in [3.05, 3.63) is 12.2 Å². The lowest BCUT2D eigenvalue weighted by molar-refractivity contribution is -0.355. The largest absolute Gasteiger partial charge is 0.454 e. The van der Waals surface area contributed by atoms with Crippen molar-refractivity contribution in [3.8, 4) is 0 Å². The molecule has 4 saturated carbocycles. The molecule has 0 bridgehead atoms. The summed E-state index contributed by atoms with van der Waals surface area (Å²) >= 11 is 0. The van der Waals surface area contributed by atoms with Crippen LogP contribution >= 0.6 is 0 Å². The number of aliphatic hydroxyl groups excluding tert-OH is 5. The fourth-order valence-corrected chi connectivity index (χ4v) is 12.2. The van der Waals surface area contributed by atoms with Crippen LogP contribution in [0.15, 0.2) is 12.2 Å². The lowest BCUT2D eigenvalue weighted by Crippen LogP contribution is -2.73. The highest BCUT2D eigenvalue weighted by Gasteiger charge is 2.73. The summed E-state index contributed by atoms with van der Waals surface area (Å²) < 4.78 is 17.6. The van der Waals surface area contributed by atoms with E-state index in [1.807, 2.05) is 26.8 Å². The number of hydrogen-bond acceptors (Lipinski definition) is 12. The van der Waals surface area contributed by atoms with Crippen LogP contribution in [0.25, 0.3) is 0 Å². The molecule has 3 unspecified atom stereocenters. The minimum Gasteiger partial charge on any atom is -0.454 e. The maximum absolute atomic E-state index is 12.2. The highest BCUT2D eigenvalue weighted by atomic mass is 17.1. The number of aliphatic hydroxyl groups is 6. The summed E-state index contributed by atoms with van der Waals surface area (Å²) in [7, 11) is 0. The summed E-state index contributed by atoms with van der Waals surface area (Å²) in [6.45, 7) is 16.9. The second kappa shape index (κ2) is 13.6. The molecular weight excluding hydrogens is 648 g/mol. The molecule has 16 atom stereocenters. The Hall–Kier alpha value is -1.19. The van der Waals surface area contributed by atoms with Gasteiger partial charge in [0.05, 0.1) is 24.4 Å². The predicted molar refractivity (Wildman–Crippen MR) is 182 cm³/mol. The Morgan fingerprint density at radius 3 is 2.14 bits per heavy atom. The van der Waals surface area contributed by atoms with E-state index in [0.717, 1.165) is 45.4 Å². The first-order chi connectivity index (χ1) is 23.0. The molecule has 7 N–H and O–H groups in total. The second-order valence-electron chi connectivity index (χ2n) is 18.4. The molecule has 1 saturated heterocycles. The lowest BCUT2D eigenvalue weighted by Gasteiger charge is -2.71. The number of rotatable bonds is 9. The Bertz CT molecular complexity index is 1270. The molecule has 0 aromatic rings. The van der Waals surface area contributed by atoms with Crippen LogP contribution in [0.2, 0.25) is 0 Å². The van der Waals surface area contributed by atoms with E-state index in [1.165, 1.54) is 0 Å². The number of carbonyl (C=O) groups excluding carboxylic acids is 1. The van der Waals surface area contributed by atoms with E-state index < -0.39 is 83.6 Å². The van der Waals surface area contributed by atoms with Crippen molar-refractivity contribution >= 4 is 5.97 Å². The van der Waals surface area contributed by atoms with E-state index in [9.17, 15) is 40.7 Å². The first-order valence-electron chi connectivity index (χ1n) is 18.6. The maximum Gasteiger partial charge on any atom is 0.303 e. The molecule has 5 rings (SSSR count). The van der Waals surface area contributed by atoms with Gasteiger partial charge in [0.2, 0.25) is 0 Å². The average molecular weight is 713 g/mol. The third-order valence-electron chi connectivity index (χ3n) is 15.0. The van der Waals surface area contributed by atoms with Crippen LogP contribution in [0.1, 0.15) is 107 Å². The SMILES string of the molecule is CC(=O)O[C@H]1[C@H](OC2C(O)C(O)[C@]3(C)[C@H]4CC[C@@H]5[C@@H]([C@@](C)(O)C/C=C/C(C)(C)OO)CC[C@@]5(C)[C@]4(C)CC[C@H]3C2(C)C)O[C@H](CO)[C@@H](O)[C@@H]1O. The van der Waals surface area contributed by atoms with E-state index >= 15 is 0 Å². The van der Waals surface area contributed by atoms with Crippen LogP contribution in [-0.4, -0.2) is 109 Å². The summed E-state index contributed by atoms with van der Waals surface area (Å²) in [6, 6.07) is 0. The van der Waals surface area contributed by atoms with Gasteiger partial charge in [-0.25, -0.2) is 4.89 Å². The molecule has 0 aromatic carbocycles. The molecule has 5 fully saturated rings. The summed E-state index contributed by atoms with van der Waals surface area (Å²) in [6.07, 6.45) is -1.34. The van der Waals surface area contributed by atoms with Crippen molar-refractivity contribution in [2.45, 2.75) is 167 Å². The molecule has 1 aliphatic heterocycles. The predicted octanol–water partition coefficient (Wildman–Crippen LogP) is 3.33. The van der Waals surface area contributed by atoms with Gasteiger partial charge in [-0.2, -0.15) is 0 Å². The van der Waals surface area contributed by atoms with Crippen LogP contribution in [0.4, 0.5) is 0 Å². The van der Waals surface area contributed by atoms with E-state index in [1.54, 1.807) is 19.9 Å². The number of esters is 1. The van der Waals surface area contributed by atoms with Crippen LogP contribution in [0.3, 0.4) is 0 Å². The molecule has 50 heavy (non-hydrogen) atoms. The fourth-order valence-electron chi connectivity index (χ4n) is 12.2. The van der Waals surface area contributed by atoms with Crippen molar-refractivity contribution in [1.82, 2.24) is 0 Å². The molecule has 288 valence electrons. The van der Waals surface area contributed by atoms with Crippen LogP contribution < -0.4 is 0 Å². The molecule has 0 spiro atoms. The number of carbonyl (C=O) groups is 1. The Balaban J connectivity index is 1.41. The highest BCUT2D eigenvalue weighted by Crippen LogP contribution is 2.76. The lowest BCUT2D eigenvalue weighted by atomic mass is 9.34. The van der Waals surface area contributed by atoms with E-state index in [0.29, 0.717) is 6.42 Å². The van der Waals surface area contributed by atoms with Crippen molar-refractivity contribution < 1.29 is 59.8 Å². The third-order valence-corrected chi connectivity index (χ3v) is 15.0. The third kappa shape index (κ3) is 6.21. The molecule has 0 aromatic heterocycles. The summed E-state index contributed by atoms with van der Waals surface area (Å²) in [5.41, 5.74) is -3.49. The Morgan fingerprint density at radius 2 is 1.54 bits per heavy atom. The van der Waals surface area contributed by atoms with E-state index in [-0.39, 0.29) is 34.5 Å². The first kappa shape index (κ1) is 40.0. The Morgan fingerprint density at radius 1 is 0.900 bits per heavy atom. The van der Waals surface area contributed by atoms with Gasteiger partial charge >= 0.3 is 5.97 Å². The van der Waals surface area contributed by atoms with Gasteiger partial charge < -0.3 is 44.8 Å². The molecule has 12 nitrogen and oxygen atoms in total. The minimum absolute atomic E-state index is 0.0708. The first-order valence-corrected chi connectivity index (χ1v) is 18.6. The zero-order valence-electron chi connectivity index (χ0n) is 31.4. The van der Waals surface area contributed by atoms with Gasteiger partial charge in [-0.15, -0.1) is 0 Å². The zero-order chi connectivity index (χ0) is 37.4. The van der Waals surface area contributed by atoms with Crippen molar-refractivity contribution in [2.75, 3.05) is 6.61 Å². The average Bonchev–Trinajstić information content (AvgIpc) is 3.40. The smallest absolute Gasteiger partial charge is 0.303 e. The van der Waals surface area contributed by atoms with E-state index in [4.69, 9.17) is 14.2 Å². The van der Waals surface area contributed by atoms with Crippen molar-refractivity contribution in [3.63, 3.8) is 0 Å². The number of hydrogen-bond donors (Lipinski definition) is 7. The maximum atomic E-state index is 12.2. The Kier molecular flexibility index (Phi) is 10.9. The minimum atomic E-state index is -1.60. The molecule has 5 aliphatic rings. The summed E-state index contributed by atoms with van der Waals surface area (Å²) in [5.74, 6) is -0.389.